The van der Waals surface area contributed by atoms with E-state index >= 15 is 0 Å². The maximum Gasteiger partial charge on any atom is 0.0900 e. The molecule has 0 aliphatic heterocycles. The predicted octanol–water partition coefficient (Wildman–Crippen LogP) is 3.99. The van der Waals surface area contributed by atoms with Gasteiger partial charge < -0.3 is 5.32 Å². The second kappa shape index (κ2) is 5.49. The molecule has 3 atom stereocenters. The fourth-order valence-electron chi connectivity index (χ4n) is 2.91. The van der Waals surface area contributed by atoms with Crippen molar-refractivity contribution in [1.29, 1.82) is 0 Å². The van der Waals surface area contributed by atoms with Gasteiger partial charge in [0.2, 0.25) is 0 Å². The maximum atomic E-state index is 4.52. The van der Waals surface area contributed by atoms with Gasteiger partial charge in [0.1, 0.15) is 0 Å². The number of aromatic nitrogens is 1. The van der Waals surface area contributed by atoms with Crippen LogP contribution in [0, 0.1) is 19.8 Å². The molecule has 17 heavy (non-hydrogen) atoms. The number of rotatable bonds is 3. The van der Waals surface area contributed by atoms with Crippen molar-refractivity contribution >= 4 is 11.3 Å². The third-order valence-corrected chi connectivity index (χ3v) is 5.16. The molecule has 96 valence electrons. The van der Waals surface area contributed by atoms with Gasteiger partial charge in [-0.15, -0.1) is 11.3 Å². The first-order valence-corrected chi connectivity index (χ1v) is 7.59. The molecular weight excluding hydrogens is 228 g/mol. The summed E-state index contributed by atoms with van der Waals surface area (Å²) < 4.78 is 0. The Hall–Kier alpha value is -0.410. The number of nitrogens with one attached hydrogen (secondary N) is 1. The molecule has 1 aliphatic carbocycles. The van der Waals surface area contributed by atoms with Crippen LogP contribution in [0.15, 0.2) is 0 Å². The van der Waals surface area contributed by atoms with Crippen molar-refractivity contribution in [3.63, 3.8) is 0 Å². The van der Waals surface area contributed by atoms with Gasteiger partial charge >= 0.3 is 0 Å². The summed E-state index contributed by atoms with van der Waals surface area (Å²) in [6, 6.07) is 1.15. The second-order valence-electron chi connectivity index (χ2n) is 5.44. The van der Waals surface area contributed by atoms with Crippen molar-refractivity contribution in [2.75, 3.05) is 0 Å². The normalized spacial score (nSPS) is 27.1. The monoisotopic (exact) mass is 252 g/mol. The maximum absolute atomic E-state index is 4.52. The third-order valence-electron chi connectivity index (χ3n) is 3.91. The summed E-state index contributed by atoms with van der Waals surface area (Å²) in [5.74, 6) is 0.820. The average molecular weight is 252 g/mol. The van der Waals surface area contributed by atoms with Gasteiger partial charge in [-0.05, 0) is 39.5 Å². The van der Waals surface area contributed by atoms with Crippen LogP contribution in [0.25, 0.3) is 0 Å². The fraction of sp³-hybridized carbons (Fsp3) is 0.786. The lowest BCUT2D eigenvalue weighted by atomic mass is 9.85. The molecular formula is C14H24N2S. The van der Waals surface area contributed by atoms with E-state index in [-0.39, 0.29) is 0 Å². The lowest BCUT2D eigenvalue weighted by Gasteiger charge is -2.32. The minimum Gasteiger partial charge on any atom is -0.306 e. The van der Waals surface area contributed by atoms with Crippen LogP contribution in [0.2, 0.25) is 0 Å². The van der Waals surface area contributed by atoms with Gasteiger partial charge in [-0.1, -0.05) is 19.8 Å². The minimum atomic E-state index is 0.451. The second-order valence-corrected chi connectivity index (χ2v) is 6.67. The van der Waals surface area contributed by atoms with Crippen LogP contribution in [-0.2, 0) is 0 Å². The van der Waals surface area contributed by atoms with E-state index in [2.05, 4.69) is 38.0 Å². The Bertz CT molecular complexity index is 372. The van der Waals surface area contributed by atoms with Crippen molar-refractivity contribution in [3.05, 3.63) is 15.6 Å². The fourth-order valence-corrected chi connectivity index (χ4v) is 3.85. The molecule has 3 unspecified atom stereocenters. The predicted molar refractivity (Wildman–Crippen MR) is 74.6 cm³/mol. The summed E-state index contributed by atoms with van der Waals surface area (Å²) in [5, 5.41) is 4.99. The molecule has 1 aliphatic rings. The zero-order valence-electron chi connectivity index (χ0n) is 11.4. The van der Waals surface area contributed by atoms with E-state index < -0.39 is 0 Å². The highest BCUT2D eigenvalue weighted by molar-refractivity contribution is 7.11. The van der Waals surface area contributed by atoms with Gasteiger partial charge in [0.25, 0.3) is 0 Å². The van der Waals surface area contributed by atoms with Gasteiger partial charge in [0.05, 0.1) is 10.7 Å². The van der Waals surface area contributed by atoms with E-state index in [4.69, 9.17) is 0 Å². The van der Waals surface area contributed by atoms with E-state index in [9.17, 15) is 0 Å². The number of hydrogen-bond acceptors (Lipinski definition) is 3. The number of nitrogens with zero attached hydrogens (tertiary/aromatic N) is 1. The van der Waals surface area contributed by atoms with Gasteiger partial charge in [-0.25, -0.2) is 4.98 Å². The molecule has 1 heterocycles. The van der Waals surface area contributed by atoms with Crippen molar-refractivity contribution in [3.8, 4) is 0 Å². The Morgan fingerprint density at radius 1 is 1.29 bits per heavy atom. The van der Waals surface area contributed by atoms with E-state index in [1.54, 1.807) is 0 Å². The van der Waals surface area contributed by atoms with Crippen LogP contribution >= 0.6 is 11.3 Å². The number of aryl methyl sites for hydroxylation is 2. The zero-order valence-corrected chi connectivity index (χ0v) is 12.2. The number of hydrogen-bond donors (Lipinski definition) is 1. The van der Waals surface area contributed by atoms with E-state index in [1.807, 2.05) is 11.3 Å². The first-order chi connectivity index (χ1) is 8.08. The van der Waals surface area contributed by atoms with Crippen molar-refractivity contribution in [2.45, 2.75) is 65.5 Å². The SMILES string of the molecule is Cc1nc(C)c(C(C)NC2CCCCC2C)s1. The molecule has 2 rings (SSSR count). The molecule has 1 aromatic heterocycles. The van der Waals surface area contributed by atoms with Crippen molar-refractivity contribution < 1.29 is 0 Å². The largest absolute Gasteiger partial charge is 0.306 e. The highest BCUT2D eigenvalue weighted by atomic mass is 32.1. The summed E-state index contributed by atoms with van der Waals surface area (Å²) in [6.45, 7) is 8.88. The molecule has 0 saturated heterocycles. The molecule has 2 nitrogen and oxygen atoms in total. The summed E-state index contributed by atoms with van der Waals surface area (Å²) in [6.07, 6.45) is 5.51. The summed E-state index contributed by atoms with van der Waals surface area (Å²) in [5.41, 5.74) is 1.20. The molecule has 0 bridgehead atoms. The Morgan fingerprint density at radius 2 is 2.00 bits per heavy atom. The van der Waals surface area contributed by atoms with Crippen LogP contribution in [0.1, 0.15) is 61.2 Å². The molecule has 0 radical (unpaired) electrons. The Balaban J connectivity index is 2.00. The van der Waals surface area contributed by atoms with Gasteiger partial charge in [-0.3, -0.25) is 0 Å². The molecule has 1 fully saturated rings. The molecule has 1 N–H and O–H groups in total. The molecule has 1 saturated carbocycles. The quantitative estimate of drug-likeness (QED) is 0.880. The standard InChI is InChI=1S/C14H24N2S/c1-9-7-5-6-8-13(9)16-11(3)14-10(2)15-12(4)17-14/h9,11,13,16H,5-8H2,1-4H3. The first-order valence-electron chi connectivity index (χ1n) is 6.78. The Labute approximate surface area is 109 Å². The minimum absolute atomic E-state index is 0.451. The third kappa shape index (κ3) is 3.08. The topological polar surface area (TPSA) is 24.9 Å². The summed E-state index contributed by atoms with van der Waals surface area (Å²) in [7, 11) is 0. The highest BCUT2D eigenvalue weighted by Crippen LogP contribution is 2.29. The van der Waals surface area contributed by atoms with Crippen molar-refractivity contribution in [1.82, 2.24) is 10.3 Å². The van der Waals surface area contributed by atoms with Crippen molar-refractivity contribution in [2.24, 2.45) is 5.92 Å². The van der Waals surface area contributed by atoms with Crippen LogP contribution in [0.5, 0.6) is 0 Å². The molecule has 1 aromatic rings. The van der Waals surface area contributed by atoms with E-state index in [1.165, 1.54) is 41.3 Å². The summed E-state index contributed by atoms with van der Waals surface area (Å²) in [4.78, 5) is 5.94. The molecule has 0 spiro atoms. The first kappa shape index (κ1) is 13.0. The average Bonchev–Trinajstić information content (AvgIpc) is 2.61. The van der Waals surface area contributed by atoms with Gasteiger partial charge in [0.15, 0.2) is 0 Å². The zero-order chi connectivity index (χ0) is 12.4. The number of thiazole rings is 1. The molecule has 0 amide bonds. The molecule has 3 heteroatoms. The summed E-state index contributed by atoms with van der Waals surface area (Å²) >= 11 is 1.84. The van der Waals surface area contributed by atoms with Crippen LogP contribution in [-0.4, -0.2) is 11.0 Å². The van der Waals surface area contributed by atoms with E-state index in [0.29, 0.717) is 12.1 Å². The Morgan fingerprint density at radius 3 is 2.59 bits per heavy atom. The highest BCUT2D eigenvalue weighted by Gasteiger charge is 2.24. The van der Waals surface area contributed by atoms with Gasteiger partial charge in [0, 0.05) is 17.0 Å². The van der Waals surface area contributed by atoms with Crippen LogP contribution in [0.4, 0.5) is 0 Å². The van der Waals surface area contributed by atoms with Crippen LogP contribution < -0.4 is 5.32 Å². The van der Waals surface area contributed by atoms with Crippen LogP contribution in [0.3, 0.4) is 0 Å². The molecule has 0 aromatic carbocycles. The van der Waals surface area contributed by atoms with E-state index in [0.717, 1.165) is 5.92 Å². The lowest BCUT2D eigenvalue weighted by Crippen LogP contribution is -2.38. The Kier molecular flexibility index (Phi) is 4.21. The smallest absolute Gasteiger partial charge is 0.0900 e. The lowest BCUT2D eigenvalue weighted by molar-refractivity contribution is 0.264. The van der Waals surface area contributed by atoms with Gasteiger partial charge in [-0.2, -0.15) is 0 Å².